The van der Waals surface area contributed by atoms with Crippen LogP contribution in [-0.4, -0.2) is 22.6 Å². The number of aromatic nitrogens is 1. The maximum Gasteiger partial charge on any atom is 0.217 e. The van der Waals surface area contributed by atoms with E-state index in [4.69, 9.17) is 4.74 Å². The van der Waals surface area contributed by atoms with Gasteiger partial charge in [-0.25, -0.2) is 4.98 Å². The lowest BCUT2D eigenvalue weighted by Gasteiger charge is -2.20. The number of halogens is 1. The maximum absolute atomic E-state index is 5.22. The van der Waals surface area contributed by atoms with Gasteiger partial charge in [0.2, 0.25) is 5.88 Å². The summed E-state index contributed by atoms with van der Waals surface area (Å²) in [5.74, 6) is 1.35. The van der Waals surface area contributed by atoms with Crippen molar-refractivity contribution in [1.29, 1.82) is 0 Å². The molecule has 0 fully saturated rings. The number of ether oxygens (including phenoxy) is 1. The van der Waals surface area contributed by atoms with Crippen LogP contribution in [0.4, 0.5) is 0 Å². The van der Waals surface area contributed by atoms with Crippen molar-refractivity contribution in [2.24, 2.45) is 5.92 Å². The van der Waals surface area contributed by atoms with Gasteiger partial charge in [-0.15, -0.1) is 0 Å². The van der Waals surface area contributed by atoms with Crippen LogP contribution in [0, 0.1) is 5.92 Å². The number of nitrogens with zero attached hydrogens (tertiary/aromatic N) is 1. The van der Waals surface area contributed by atoms with Crippen LogP contribution in [0.15, 0.2) is 18.3 Å². The van der Waals surface area contributed by atoms with Crippen LogP contribution in [0.1, 0.15) is 19.4 Å². The third kappa shape index (κ3) is 3.90. The van der Waals surface area contributed by atoms with Crippen LogP contribution < -0.4 is 10.1 Å². The largest absolute Gasteiger partial charge is 0.481 e. The van der Waals surface area contributed by atoms with Gasteiger partial charge in [-0.1, -0.05) is 42.5 Å². The second-order valence-electron chi connectivity index (χ2n) is 4.06. The lowest BCUT2D eigenvalue weighted by atomic mass is 10.1. The van der Waals surface area contributed by atoms with Crippen molar-refractivity contribution in [2.45, 2.75) is 26.4 Å². The molecule has 0 saturated heterocycles. The first-order chi connectivity index (χ1) is 7.69. The predicted octanol–water partition coefficient (Wildman–Crippen LogP) is 2.64. The van der Waals surface area contributed by atoms with Crippen molar-refractivity contribution in [1.82, 2.24) is 10.3 Å². The van der Waals surface area contributed by atoms with E-state index < -0.39 is 0 Å². The van der Waals surface area contributed by atoms with Crippen molar-refractivity contribution < 1.29 is 4.74 Å². The summed E-state index contributed by atoms with van der Waals surface area (Å²) in [6.07, 6.45) is 1.75. The molecule has 1 unspecified atom stereocenters. The second kappa shape index (κ2) is 7.06. The first kappa shape index (κ1) is 13.7. The van der Waals surface area contributed by atoms with Crippen molar-refractivity contribution in [3.05, 3.63) is 23.9 Å². The lowest BCUT2D eigenvalue weighted by Crippen LogP contribution is -2.34. The molecule has 0 aromatic carbocycles. The number of alkyl halides is 1. The van der Waals surface area contributed by atoms with E-state index in [1.807, 2.05) is 12.1 Å². The van der Waals surface area contributed by atoms with Gasteiger partial charge < -0.3 is 10.1 Å². The molecule has 16 heavy (non-hydrogen) atoms. The number of nitrogens with one attached hydrogen (secondary N) is 1. The van der Waals surface area contributed by atoms with Gasteiger partial charge in [0.25, 0.3) is 0 Å². The molecule has 0 saturated carbocycles. The van der Waals surface area contributed by atoms with Crippen molar-refractivity contribution in [2.75, 3.05) is 11.5 Å². The summed E-state index contributed by atoms with van der Waals surface area (Å²) in [7, 11) is 1.66. The van der Waals surface area contributed by atoms with E-state index in [9.17, 15) is 0 Å². The Labute approximate surface area is 111 Å². The van der Waals surface area contributed by atoms with Gasteiger partial charge >= 0.3 is 0 Å². The molecular weight excluding hydrogens is 315 g/mol. The highest BCUT2D eigenvalue weighted by molar-refractivity contribution is 14.1. The molecule has 3 nitrogen and oxygen atoms in total. The van der Waals surface area contributed by atoms with E-state index in [2.05, 4.69) is 46.7 Å². The summed E-state index contributed by atoms with van der Waals surface area (Å²) in [5, 5.41) is 3.53. The molecule has 0 spiro atoms. The minimum atomic E-state index is 0.533. The predicted molar refractivity (Wildman–Crippen MR) is 75.1 cm³/mol. The maximum atomic E-state index is 5.22. The third-order valence-corrected chi connectivity index (χ3v) is 3.52. The zero-order chi connectivity index (χ0) is 12.0. The summed E-state index contributed by atoms with van der Waals surface area (Å²) >= 11 is 2.42. The van der Waals surface area contributed by atoms with Crippen LogP contribution in [0.5, 0.6) is 5.88 Å². The van der Waals surface area contributed by atoms with Gasteiger partial charge in [-0.05, 0) is 12.0 Å². The number of hydrogen-bond donors (Lipinski definition) is 1. The highest BCUT2D eigenvalue weighted by atomic mass is 127. The third-order valence-electron chi connectivity index (χ3n) is 2.57. The molecule has 0 amide bonds. The average molecular weight is 334 g/mol. The molecule has 0 aliphatic carbocycles. The summed E-state index contributed by atoms with van der Waals surface area (Å²) in [4.78, 5) is 4.18. The number of rotatable bonds is 6. The standard InChI is InChI=1S/C12H19IN2O/c1-9(2)11(7-13)15-8-10-5-4-6-14-12(10)16-3/h4-6,9,11,15H,7-8H2,1-3H3. The zero-order valence-corrected chi connectivity index (χ0v) is 12.2. The van der Waals surface area contributed by atoms with Crippen LogP contribution in [0.3, 0.4) is 0 Å². The van der Waals surface area contributed by atoms with Crippen LogP contribution in [0.25, 0.3) is 0 Å². The summed E-state index contributed by atoms with van der Waals surface area (Å²) < 4.78 is 6.33. The molecule has 1 heterocycles. The smallest absolute Gasteiger partial charge is 0.217 e. The Morgan fingerprint density at radius 2 is 2.25 bits per heavy atom. The van der Waals surface area contributed by atoms with Gasteiger partial charge in [0.1, 0.15) is 0 Å². The normalized spacial score (nSPS) is 12.8. The Kier molecular flexibility index (Phi) is 6.05. The molecule has 1 aromatic rings. The van der Waals surface area contributed by atoms with E-state index >= 15 is 0 Å². The SMILES string of the molecule is COc1ncccc1CNC(CI)C(C)C. The Morgan fingerprint density at radius 1 is 1.50 bits per heavy atom. The molecule has 1 rings (SSSR count). The summed E-state index contributed by atoms with van der Waals surface area (Å²) in [6.45, 7) is 5.27. The van der Waals surface area contributed by atoms with Gasteiger partial charge in [-0.3, -0.25) is 0 Å². The van der Waals surface area contributed by atoms with Crippen LogP contribution in [0.2, 0.25) is 0 Å². The number of methoxy groups -OCH3 is 1. The van der Waals surface area contributed by atoms with Crippen LogP contribution in [-0.2, 0) is 6.54 Å². The minimum absolute atomic E-state index is 0.533. The van der Waals surface area contributed by atoms with E-state index in [0.29, 0.717) is 17.8 Å². The van der Waals surface area contributed by atoms with E-state index in [1.54, 1.807) is 13.3 Å². The quantitative estimate of drug-likeness (QED) is 0.642. The molecule has 1 N–H and O–H groups in total. The van der Waals surface area contributed by atoms with Gasteiger partial charge in [0, 0.05) is 28.8 Å². The fourth-order valence-electron chi connectivity index (χ4n) is 1.45. The number of pyridine rings is 1. The Balaban J connectivity index is 2.59. The fourth-order valence-corrected chi connectivity index (χ4v) is 2.78. The zero-order valence-electron chi connectivity index (χ0n) is 10.0. The molecule has 4 heteroatoms. The van der Waals surface area contributed by atoms with E-state index in [0.717, 1.165) is 16.5 Å². The molecule has 1 aromatic heterocycles. The molecule has 90 valence electrons. The Morgan fingerprint density at radius 3 is 2.81 bits per heavy atom. The van der Waals surface area contributed by atoms with Gasteiger partial charge in [0.05, 0.1) is 7.11 Å². The highest BCUT2D eigenvalue weighted by Crippen LogP contribution is 2.14. The van der Waals surface area contributed by atoms with Crippen LogP contribution >= 0.6 is 22.6 Å². The van der Waals surface area contributed by atoms with E-state index in [1.165, 1.54) is 0 Å². The first-order valence-corrected chi connectivity index (χ1v) is 6.98. The molecule has 0 bridgehead atoms. The first-order valence-electron chi connectivity index (χ1n) is 5.46. The topological polar surface area (TPSA) is 34.1 Å². The highest BCUT2D eigenvalue weighted by Gasteiger charge is 2.12. The van der Waals surface area contributed by atoms with Gasteiger partial charge in [-0.2, -0.15) is 0 Å². The lowest BCUT2D eigenvalue weighted by molar-refractivity contribution is 0.383. The molecule has 0 radical (unpaired) electrons. The number of hydrogen-bond acceptors (Lipinski definition) is 3. The fraction of sp³-hybridized carbons (Fsp3) is 0.583. The molecule has 1 atom stereocenters. The monoisotopic (exact) mass is 334 g/mol. The summed E-state index contributed by atoms with van der Waals surface area (Å²) in [5.41, 5.74) is 1.11. The molecule has 0 aliphatic rings. The molecule has 0 aliphatic heterocycles. The Bertz CT molecular complexity index is 318. The molecular formula is C12H19IN2O. The van der Waals surface area contributed by atoms with Crippen molar-refractivity contribution in [3.63, 3.8) is 0 Å². The second-order valence-corrected chi connectivity index (χ2v) is 4.94. The van der Waals surface area contributed by atoms with Crippen molar-refractivity contribution in [3.8, 4) is 5.88 Å². The summed E-state index contributed by atoms with van der Waals surface area (Å²) in [6, 6.07) is 4.52. The van der Waals surface area contributed by atoms with E-state index in [-0.39, 0.29) is 0 Å². The Hall–Kier alpha value is -0.360. The average Bonchev–Trinajstić information content (AvgIpc) is 2.30. The van der Waals surface area contributed by atoms with Gasteiger partial charge in [0.15, 0.2) is 0 Å². The van der Waals surface area contributed by atoms with Crippen molar-refractivity contribution >= 4 is 22.6 Å². The minimum Gasteiger partial charge on any atom is -0.481 e.